The van der Waals surface area contributed by atoms with Crippen LogP contribution in [0.1, 0.15) is 29.9 Å². The summed E-state index contributed by atoms with van der Waals surface area (Å²) < 4.78 is 11.9. The zero-order valence-corrected chi connectivity index (χ0v) is 17.5. The first kappa shape index (κ1) is 19.9. The number of ether oxygens (including phenoxy) is 1. The molecule has 0 bridgehead atoms. The van der Waals surface area contributed by atoms with Crippen LogP contribution in [0.3, 0.4) is 0 Å². The van der Waals surface area contributed by atoms with E-state index in [4.69, 9.17) is 9.26 Å². The summed E-state index contributed by atoms with van der Waals surface area (Å²) in [7, 11) is 0. The molecule has 1 aromatic carbocycles. The van der Waals surface area contributed by atoms with Gasteiger partial charge in [-0.2, -0.15) is 0 Å². The van der Waals surface area contributed by atoms with Crippen LogP contribution in [0.5, 0.6) is 5.75 Å². The van der Waals surface area contributed by atoms with Gasteiger partial charge in [0, 0.05) is 44.7 Å². The lowest BCUT2D eigenvalue weighted by Crippen LogP contribution is -2.48. The van der Waals surface area contributed by atoms with Crippen molar-refractivity contribution in [1.82, 2.24) is 15.0 Å². The molecule has 0 spiro atoms. The average molecular weight is 436 g/mol. The van der Waals surface area contributed by atoms with Crippen LogP contribution in [0, 0.1) is 13.8 Å². The van der Waals surface area contributed by atoms with Gasteiger partial charge in [-0.05, 0) is 48.3 Å². The Balaban J connectivity index is 1.36. The van der Waals surface area contributed by atoms with Gasteiger partial charge < -0.3 is 14.2 Å². The van der Waals surface area contributed by atoms with Gasteiger partial charge in [0.25, 0.3) is 0 Å². The number of nitrogens with zero attached hydrogens (tertiary/aromatic N) is 3. The molecular formula is C20H26BrN3O3. The Morgan fingerprint density at radius 3 is 2.63 bits per heavy atom. The molecule has 2 aromatic rings. The highest BCUT2D eigenvalue weighted by Crippen LogP contribution is 2.24. The number of amides is 1. The predicted molar refractivity (Wildman–Crippen MR) is 107 cm³/mol. The van der Waals surface area contributed by atoms with Crippen LogP contribution < -0.4 is 4.74 Å². The van der Waals surface area contributed by atoms with E-state index in [-0.39, 0.29) is 5.91 Å². The molecule has 1 aliphatic heterocycles. The molecule has 146 valence electrons. The maximum atomic E-state index is 12.4. The number of aryl methyl sites for hydroxylation is 2. The van der Waals surface area contributed by atoms with Crippen LogP contribution in [0.15, 0.2) is 33.3 Å². The van der Waals surface area contributed by atoms with Crippen molar-refractivity contribution in [2.75, 3.05) is 32.8 Å². The Bertz CT molecular complexity index is 750. The number of halogens is 1. The minimum absolute atomic E-state index is 0.211. The molecule has 27 heavy (non-hydrogen) atoms. The van der Waals surface area contributed by atoms with Crippen molar-refractivity contribution in [3.63, 3.8) is 0 Å². The van der Waals surface area contributed by atoms with E-state index in [0.29, 0.717) is 13.0 Å². The molecule has 1 fully saturated rings. The van der Waals surface area contributed by atoms with Crippen LogP contribution >= 0.6 is 15.9 Å². The smallest absolute Gasteiger partial charge is 0.222 e. The fourth-order valence-corrected chi connectivity index (χ4v) is 3.63. The zero-order chi connectivity index (χ0) is 19.2. The first-order valence-corrected chi connectivity index (χ1v) is 10.1. The van der Waals surface area contributed by atoms with Crippen molar-refractivity contribution in [2.24, 2.45) is 0 Å². The molecule has 1 aliphatic rings. The van der Waals surface area contributed by atoms with E-state index in [1.54, 1.807) is 0 Å². The number of carbonyl (C=O) groups excluding carboxylic acids is 1. The van der Waals surface area contributed by atoms with Crippen molar-refractivity contribution < 1.29 is 14.1 Å². The fraction of sp³-hybridized carbons (Fsp3) is 0.500. The second-order valence-electron chi connectivity index (χ2n) is 6.84. The second-order valence-corrected chi connectivity index (χ2v) is 7.70. The lowest BCUT2D eigenvalue weighted by molar-refractivity contribution is -0.133. The summed E-state index contributed by atoms with van der Waals surface area (Å²) in [5.74, 6) is 1.91. The number of hydrogen-bond acceptors (Lipinski definition) is 5. The largest absolute Gasteiger partial charge is 0.492 e. The SMILES string of the molecule is Cc1noc(C)c1CN1CCN(C(=O)CCCOc2ccccc2Br)CC1. The van der Waals surface area contributed by atoms with Crippen molar-refractivity contribution in [3.8, 4) is 5.75 Å². The third-order valence-electron chi connectivity index (χ3n) is 4.92. The van der Waals surface area contributed by atoms with E-state index in [0.717, 1.165) is 60.8 Å². The van der Waals surface area contributed by atoms with Gasteiger partial charge in [-0.25, -0.2) is 0 Å². The minimum atomic E-state index is 0.211. The molecule has 0 aliphatic carbocycles. The molecule has 0 N–H and O–H groups in total. The Hall–Kier alpha value is -1.86. The molecular weight excluding hydrogens is 410 g/mol. The predicted octanol–water partition coefficient (Wildman–Crippen LogP) is 3.56. The van der Waals surface area contributed by atoms with Gasteiger partial charge in [-0.3, -0.25) is 9.69 Å². The lowest BCUT2D eigenvalue weighted by Gasteiger charge is -2.34. The Morgan fingerprint density at radius 2 is 1.96 bits per heavy atom. The van der Waals surface area contributed by atoms with Crippen molar-refractivity contribution in [3.05, 3.63) is 45.8 Å². The van der Waals surface area contributed by atoms with E-state index in [1.807, 2.05) is 43.0 Å². The number of hydrogen-bond donors (Lipinski definition) is 0. The molecule has 6 nitrogen and oxygen atoms in total. The third-order valence-corrected chi connectivity index (χ3v) is 5.57. The van der Waals surface area contributed by atoms with Crippen molar-refractivity contribution in [2.45, 2.75) is 33.2 Å². The molecule has 0 saturated carbocycles. The number of para-hydroxylation sites is 1. The number of aromatic nitrogens is 1. The fourth-order valence-electron chi connectivity index (χ4n) is 3.23. The Morgan fingerprint density at radius 1 is 1.22 bits per heavy atom. The standard InChI is InChI=1S/C20H26BrN3O3/c1-15-17(16(2)27-22-15)14-23-9-11-24(12-10-23)20(25)8-5-13-26-19-7-4-3-6-18(19)21/h3-4,6-7H,5,8-14H2,1-2H3. The number of piperazine rings is 1. The van der Waals surface area contributed by atoms with Crippen LogP contribution in [-0.4, -0.2) is 53.6 Å². The first-order valence-electron chi connectivity index (χ1n) is 9.34. The first-order chi connectivity index (χ1) is 13.0. The van der Waals surface area contributed by atoms with Gasteiger partial charge in [0.05, 0.1) is 16.8 Å². The molecule has 0 unspecified atom stereocenters. The highest BCUT2D eigenvalue weighted by Gasteiger charge is 2.22. The van der Waals surface area contributed by atoms with E-state index in [9.17, 15) is 4.79 Å². The summed E-state index contributed by atoms with van der Waals surface area (Å²) in [5, 5.41) is 4.01. The summed E-state index contributed by atoms with van der Waals surface area (Å²) in [4.78, 5) is 16.7. The summed E-state index contributed by atoms with van der Waals surface area (Å²) in [6.07, 6.45) is 1.24. The Kier molecular flexibility index (Phi) is 6.90. The highest BCUT2D eigenvalue weighted by atomic mass is 79.9. The minimum Gasteiger partial charge on any atom is -0.492 e. The van der Waals surface area contributed by atoms with Gasteiger partial charge in [0.1, 0.15) is 11.5 Å². The van der Waals surface area contributed by atoms with E-state index in [2.05, 4.69) is 26.0 Å². The van der Waals surface area contributed by atoms with Gasteiger partial charge >= 0.3 is 0 Å². The summed E-state index contributed by atoms with van der Waals surface area (Å²) in [6.45, 7) is 8.60. The number of benzene rings is 1. The molecule has 2 heterocycles. The summed E-state index contributed by atoms with van der Waals surface area (Å²) >= 11 is 3.46. The van der Waals surface area contributed by atoms with Gasteiger partial charge in [0.2, 0.25) is 5.91 Å². The van der Waals surface area contributed by atoms with Gasteiger partial charge in [-0.1, -0.05) is 17.3 Å². The van der Waals surface area contributed by atoms with Crippen molar-refractivity contribution >= 4 is 21.8 Å². The van der Waals surface area contributed by atoms with Crippen LogP contribution in [0.25, 0.3) is 0 Å². The molecule has 0 atom stereocenters. The molecule has 7 heteroatoms. The maximum Gasteiger partial charge on any atom is 0.222 e. The lowest BCUT2D eigenvalue weighted by atomic mass is 10.1. The zero-order valence-electron chi connectivity index (χ0n) is 15.9. The van der Waals surface area contributed by atoms with E-state index in [1.165, 1.54) is 5.56 Å². The van der Waals surface area contributed by atoms with Crippen LogP contribution in [0.2, 0.25) is 0 Å². The maximum absolute atomic E-state index is 12.4. The van der Waals surface area contributed by atoms with Gasteiger partial charge in [0.15, 0.2) is 0 Å². The molecule has 3 rings (SSSR count). The molecule has 1 saturated heterocycles. The number of rotatable bonds is 7. The highest BCUT2D eigenvalue weighted by molar-refractivity contribution is 9.10. The third kappa shape index (κ3) is 5.32. The quantitative estimate of drug-likeness (QED) is 0.622. The molecule has 0 radical (unpaired) electrons. The van der Waals surface area contributed by atoms with Crippen LogP contribution in [0.4, 0.5) is 0 Å². The van der Waals surface area contributed by atoms with Crippen molar-refractivity contribution in [1.29, 1.82) is 0 Å². The van der Waals surface area contributed by atoms with E-state index < -0.39 is 0 Å². The van der Waals surface area contributed by atoms with Crippen LogP contribution in [-0.2, 0) is 11.3 Å². The average Bonchev–Trinajstić information content (AvgIpc) is 2.99. The Labute approximate surface area is 168 Å². The topological polar surface area (TPSA) is 58.8 Å². The second kappa shape index (κ2) is 9.37. The summed E-state index contributed by atoms with van der Waals surface area (Å²) in [6, 6.07) is 7.76. The van der Waals surface area contributed by atoms with E-state index >= 15 is 0 Å². The summed E-state index contributed by atoms with van der Waals surface area (Å²) in [5.41, 5.74) is 2.12. The monoisotopic (exact) mass is 435 g/mol. The normalized spacial score (nSPS) is 15.1. The molecule has 1 aromatic heterocycles. The molecule has 1 amide bonds. The van der Waals surface area contributed by atoms with Gasteiger partial charge in [-0.15, -0.1) is 0 Å². The number of carbonyl (C=O) groups is 1.